The first-order valence-electron chi connectivity index (χ1n) is 11.2. The lowest BCUT2D eigenvalue weighted by atomic mass is 10.1. The van der Waals surface area contributed by atoms with E-state index in [-0.39, 0.29) is 36.5 Å². The van der Waals surface area contributed by atoms with Crippen LogP contribution in [0.3, 0.4) is 0 Å². The second-order valence-corrected chi connectivity index (χ2v) is 7.87. The molecule has 1 aliphatic heterocycles. The fourth-order valence-corrected chi connectivity index (χ4v) is 3.76. The van der Waals surface area contributed by atoms with Crippen LogP contribution in [0, 0.1) is 0 Å². The third-order valence-corrected chi connectivity index (χ3v) is 5.47. The number of rotatable bonds is 8. The van der Waals surface area contributed by atoms with Gasteiger partial charge in [0.1, 0.15) is 11.4 Å². The Labute approximate surface area is 197 Å². The van der Waals surface area contributed by atoms with Crippen LogP contribution in [0.1, 0.15) is 47.3 Å². The number of anilines is 4. The summed E-state index contributed by atoms with van der Waals surface area (Å²) in [5, 5.41) is 19.2. The molecule has 1 atom stereocenters. The maximum atomic E-state index is 12.5. The zero-order chi connectivity index (χ0) is 23.9. The van der Waals surface area contributed by atoms with Gasteiger partial charge in [0.25, 0.3) is 0 Å². The zero-order valence-corrected chi connectivity index (χ0v) is 18.9. The molecule has 0 fully saturated rings. The van der Waals surface area contributed by atoms with Gasteiger partial charge in [0.15, 0.2) is 0 Å². The highest BCUT2D eigenvalue weighted by Gasteiger charge is 2.20. The van der Waals surface area contributed by atoms with E-state index in [0.29, 0.717) is 12.1 Å². The van der Waals surface area contributed by atoms with Crippen LogP contribution in [0.4, 0.5) is 23.1 Å². The third kappa shape index (κ3) is 5.49. The summed E-state index contributed by atoms with van der Waals surface area (Å²) in [7, 11) is 0. The van der Waals surface area contributed by atoms with E-state index < -0.39 is 12.0 Å². The van der Waals surface area contributed by atoms with Crippen LogP contribution in [-0.2, 0) is 16.0 Å². The lowest BCUT2D eigenvalue weighted by Crippen LogP contribution is -2.19. The predicted octanol–water partition coefficient (Wildman–Crippen LogP) is 3.82. The molecule has 0 spiro atoms. The average molecular weight is 462 g/mol. The summed E-state index contributed by atoms with van der Waals surface area (Å²) in [5.74, 6) is -0.0791. The summed E-state index contributed by atoms with van der Waals surface area (Å²) >= 11 is 0. The van der Waals surface area contributed by atoms with Crippen molar-refractivity contribution < 1.29 is 19.4 Å². The average Bonchev–Trinajstić information content (AvgIpc) is 3.03. The predicted molar refractivity (Wildman–Crippen MR) is 129 cm³/mol. The van der Waals surface area contributed by atoms with Crippen LogP contribution in [0.5, 0.6) is 0 Å². The highest BCUT2D eigenvalue weighted by Crippen LogP contribution is 2.28. The monoisotopic (exact) mass is 461 g/mol. The van der Waals surface area contributed by atoms with Crippen LogP contribution in [0.15, 0.2) is 54.7 Å². The van der Waals surface area contributed by atoms with Crippen LogP contribution >= 0.6 is 0 Å². The molecular weight excluding hydrogens is 434 g/mol. The van der Waals surface area contributed by atoms with Crippen molar-refractivity contribution in [2.75, 3.05) is 29.2 Å². The van der Waals surface area contributed by atoms with E-state index in [1.807, 2.05) is 48.5 Å². The van der Waals surface area contributed by atoms with Crippen molar-refractivity contribution in [2.45, 2.75) is 32.2 Å². The summed E-state index contributed by atoms with van der Waals surface area (Å²) in [6, 6.07) is 14.6. The molecule has 4 rings (SSSR count). The fraction of sp³-hybridized carbons (Fsp3) is 0.280. The Hall–Kier alpha value is -3.98. The van der Waals surface area contributed by atoms with Gasteiger partial charge >= 0.3 is 5.97 Å². The number of nitrogens with one attached hydrogen (secondary N) is 3. The molecule has 2 heterocycles. The highest BCUT2D eigenvalue weighted by atomic mass is 16.5. The maximum Gasteiger partial charge on any atom is 0.343 e. The van der Waals surface area contributed by atoms with Crippen molar-refractivity contribution in [3.63, 3.8) is 0 Å². The molecule has 9 nitrogen and oxygen atoms in total. The van der Waals surface area contributed by atoms with Crippen LogP contribution < -0.4 is 16.0 Å². The van der Waals surface area contributed by atoms with E-state index in [4.69, 9.17) is 4.74 Å². The van der Waals surface area contributed by atoms with Gasteiger partial charge < -0.3 is 25.8 Å². The van der Waals surface area contributed by atoms with Crippen LogP contribution in [0.2, 0.25) is 0 Å². The number of esters is 1. The lowest BCUT2D eigenvalue weighted by molar-refractivity contribution is -0.116. The molecule has 0 aliphatic carbocycles. The topological polar surface area (TPSA) is 125 Å². The number of carbonyl (C=O) groups is 2. The number of aliphatic hydroxyl groups excluding tert-OH is 1. The van der Waals surface area contributed by atoms with Gasteiger partial charge in [-0.25, -0.2) is 9.78 Å². The molecule has 1 aliphatic rings. The number of benzene rings is 2. The number of aromatic nitrogens is 2. The van der Waals surface area contributed by atoms with Crippen molar-refractivity contribution in [3.05, 3.63) is 71.4 Å². The summed E-state index contributed by atoms with van der Waals surface area (Å²) in [4.78, 5) is 33.2. The highest BCUT2D eigenvalue weighted by molar-refractivity contribution is 5.95. The summed E-state index contributed by atoms with van der Waals surface area (Å²) < 4.78 is 5.15. The molecule has 0 saturated heterocycles. The number of aliphatic hydroxyl groups is 1. The smallest absolute Gasteiger partial charge is 0.343 e. The molecule has 2 aromatic carbocycles. The minimum Gasteiger partial charge on any atom is -0.462 e. The van der Waals surface area contributed by atoms with Crippen molar-refractivity contribution >= 4 is 35.0 Å². The quantitative estimate of drug-likeness (QED) is 0.373. The van der Waals surface area contributed by atoms with E-state index in [9.17, 15) is 14.7 Å². The van der Waals surface area contributed by atoms with Gasteiger partial charge in [0.05, 0.1) is 19.3 Å². The standard InChI is InChI=1S/C25H27N5O4/c1-2-34-24(33)19-14-26-25(30-23(19)29-21(15-31)16-7-4-3-5-8-16)27-18-12-11-17-9-6-10-22(32)28-20(17)13-18/h3-5,7-8,11-14,21,31H,2,6,9-10,15H2,1H3,(H,28,32)(H2,26,27,29,30)/t21-/m1/s1. The molecule has 0 bridgehead atoms. The molecule has 4 N–H and O–H groups in total. The van der Waals surface area contributed by atoms with E-state index in [2.05, 4.69) is 25.9 Å². The third-order valence-electron chi connectivity index (χ3n) is 5.47. The van der Waals surface area contributed by atoms with E-state index in [0.717, 1.165) is 29.7 Å². The van der Waals surface area contributed by atoms with Gasteiger partial charge in [-0.3, -0.25) is 4.79 Å². The van der Waals surface area contributed by atoms with Crippen molar-refractivity contribution in [3.8, 4) is 0 Å². The number of ether oxygens (including phenoxy) is 1. The summed E-state index contributed by atoms with van der Waals surface area (Å²) in [5.41, 5.74) is 3.53. The Morgan fingerprint density at radius 1 is 1.21 bits per heavy atom. The number of carbonyl (C=O) groups excluding carboxylic acids is 2. The SMILES string of the molecule is CCOC(=O)c1cnc(Nc2ccc3c(c2)NC(=O)CCC3)nc1N[C@H](CO)c1ccccc1. The Bertz CT molecular complexity index is 1170. The molecule has 0 radical (unpaired) electrons. The molecule has 1 aromatic heterocycles. The second kappa shape index (κ2) is 10.8. The summed E-state index contributed by atoms with van der Waals surface area (Å²) in [6.45, 7) is 1.73. The van der Waals surface area contributed by atoms with E-state index >= 15 is 0 Å². The zero-order valence-electron chi connectivity index (χ0n) is 18.9. The van der Waals surface area contributed by atoms with E-state index in [1.165, 1.54) is 6.20 Å². The number of amides is 1. The fourth-order valence-electron chi connectivity index (χ4n) is 3.76. The minimum atomic E-state index is -0.561. The van der Waals surface area contributed by atoms with Gasteiger partial charge in [-0.15, -0.1) is 0 Å². The van der Waals surface area contributed by atoms with Crippen molar-refractivity contribution in [1.82, 2.24) is 9.97 Å². The van der Waals surface area contributed by atoms with Crippen molar-refractivity contribution in [1.29, 1.82) is 0 Å². The molecule has 1 amide bonds. The van der Waals surface area contributed by atoms with E-state index in [1.54, 1.807) is 6.92 Å². The first kappa shape index (κ1) is 23.2. The molecule has 176 valence electrons. The van der Waals surface area contributed by atoms with Gasteiger partial charge in [-0.05, 0) is 43.0 Å². The minimum absolute atomic E-state index is 0.00613. The number of aryl methyl sites for hydroxylation is 1. The Balaban J connectivity index is 1.63. The molecular formula is C25H27N5O4. The molecule has 0 unspecified atom stereocenters. The van der Waals surface area contributed by atoms with Gasteiger partial charge in [0, 0.05) is 24.0 Å². The Kier molecular flexibility index (Phi) is 7.34. The molecule has 3 aromatic rings. The number of hydrogen-bond acceptors (Lipinski definition) is 8. The Morgan fingerprint density at radius 3 is 2.79 bits per heavy atom. The van der Waals surface area contributed by atoms with Gasteiger partial charge in [-0.2, -0.15) is 4.98 Å². The van der Waals surface area contributed by atoms with Crippen molar-refractivity contribution in [2.24, 2.45) is 0 Å². The molecule has 9 heteroatoms. The molecule has 34 heavy (non-hydrogen) atoms. The van der Waals surface area contributed by atoms with Gasteiger partial charge in [0.2, 0.25) is 11.9 Å². The largest absolute Gasteiger partial charge is 0.462 e. The first-order valence-corrected chi connectivity index (χ1v) is 11.2. The van der Waals surface area contributed by atoms with Crippen LogP contribution in [-0.4, -0.2) is 40.2 Å². The summed E-state index contributed by atoms with van der Waals surface area (Å²) in [6.07, 6.45) is 3.53. The lowest BCUT2D eigenvalue weighted by Gasteiger charge is -2.19. The number of fused-ring (bicyclic) bond motifs is 1. The Morgan fingerprint density at radius 2 is 2.03 bits per heavy atom. The molecule has 0 saturated carbocycles. The first-order chi connectivity index (χ1) is 16.6. The maximum absolute atomic E-state index is 12.5. The van der Waals surface area contributed by atoms with Gasteiger partial charge in [-0.1, -0.05) is 36.4 Å². The second-order valence-electron chi connectivity index (χ2n) is 7.87. The number of nitrogens with zero attached hydrogens (tertiary/aromatic N) is 2. The normalized spacial score (nSPS) is 13.8. The van der Waals surface area contributed by atoms with Crippen LogP contribution in [0.25, 0.3) is 0 Å². The number of hydrogen-bond donors (Lipinski definition) is 4.